The molecule has 34 heavy (non-hydrogen) atoms. The Morgan fingerprint density at radius 2 is 1.71 bits per heavy atom. The number of carbonyl (C=O) groups is 1. The van der Waals surface area contributed by atoms with Crippen LogP contribution in [0.15, 0.2) is 76.6 Å². The average molecular weight is 481 g/mol. The molecule has 0 aliphatic carbocycles. The van der Waals surface area contributed by atoms with Crippen LogP contribution in [-0.4, -0.2) is 41.6 Å². The lowest BCUT2D eigenvalue weighted by molar-refractivity contribution is -0.136. The Bertz CT molecular complexity index is 1510. The summed E-state index contributed by atoms with van der Waals surface area (Å²) in [5, 5.41) is 20.2. The van der Waals surface area contributed by atoms with Gasteiger partial charge in [-0.25, -0.2) is 17.8 Å². The van der Waals surface area contributed by atoms with Gasteiger partial charge in [-0.05, 0) is 54.4 Å². The number of sulfone groups is 1. The number of carboxylic acids is 1. The molecule has 174 valence electrons. The summed E-state index contributed by atoms with van der Waals surface area (Å²) in [6.45, 7) is 0. The highest BCUT2D eigenvalue weighted by Gasteiger charge is 2.19. The van der Waals surface area contributed by atoms with Gasteiger partial charge in [0, 0.05) is 23.6 Å². The number of aromatic nitrogens is 1. The van der Waals surface area contributed by atoms with E-state index in [1.807, 2.05) is 0 Å². The summed E-state index contributed by atoms with van der Waals surface area (Å²) >= 11 is 0. The number of benzene rings is 3. The van der Waals surface area contributed by atoms with Gasteiger partial charge in [0.1, 0.15) is 5.82 Å². The number of aromatic hydroxyl groups is 1. The van der Waals surface area contributed by atoms with Crippen LogP contribution < -0.4 is 0 Å². The Labute approximate surface area is 195 Å². The number of nitrogens with one attached hydrogen (secondary N) is 1. The van der Waals surface area contributed by atoms with Crippen LogP contribution in [0.2, 0.25) is 0 Å². The Morgan fingerprint density at radius 1 is 1.03 bits per heavy atom. The fourth-order valence-electron chi connectivity index (χ4n) is 3.64. The molecule has 0 bridgehead atoms. The number of halogens is 1. The van der Waals surface area contributed by atoms with Gasteiger partial charge in [0.2, 0.25) is 0 Å². The van der Waals surface area contributed by atoms with Crippen LogP contribution in [0.25, 0.3) is 10.9 Å². The Hall–Kier alpha value is -3.98. The van der Waals surface area contributed by atoms with Crippen molar-refractivity contribution < 1.29 is 27.8 Å². The van der Waals surface area contributed by atoms with Crippen LogP contribution in [0.4, 0.5) is 10.1 Å². The largest absolute Gasteiger partial charge is 0.494 e. The topological polar surface area (TPSA) is 120 Å². The lowest BCUT2D eigenvalue weighted by Crippen LogP contribution is -2.04. The molecule has 0 aliphatic heterocycles. The number of aliphatic carboxylic acids is 1. The monoisotopic (exact) mass is 480 g/mol. The van der Waals surface area contributed by atoms with Crippen LogP contribution in [0.5, 0.6) is 5.88 Å². The van der Waals surface area contributed by atoms with E-state index in [0.29, 0.717) is 39.8 Å². The van der Waals surface area contributed by atoms with E-state index < -0.39 is 21.6 Å². The minimum absolute atomic E-state index is 0.00176. The molecule has 9 heteroatoms. The zero-order chi connectivity index (χ0) is 24.5. The minimum atomic E-state index is -3.37. The number of rotatable bonds is 7. The molecule has 0 unspecified atom stereocenters. The molecule has 0 saturated heterocycles. The van der Waals surface area contributed by atoms with Gasteiger partial charge in [-0.1, -0.05) is 24.3 Å². The number of carboxylic acid groups (broad SMARTS) is 1. The first-order valence-corrected chi connectivity index (χ1v) is 12.2. The average Bonchev–Trinajstić information content (AvgIpc) is 3.10. The van der Waals surface area contributed by atoms with Crippen molar-refractivity contribution in [3.63, 3.8) is 0 Å². The summed E-state index contributed by atoms with van der Waals surface area (Å²) in [6.07, 6.45) is 1.49. The third-order valence-corrected chi connectivity index (χ3v) is 6.47. The molecule has 4 rings (SSSR count). The lowest BCUT2D eigenvalue weighted by atomic mass is 9.98. The van der Waals surface area contributed by atoms with Gasteiger partial charge >= 0.3 is 5.97 Å². The standard InChI is InChI=1S/C25H21FN2O5S/c1-34(32,33)19-10-8-18(9-11-19)27-24(16-5-2-15(3-6-16)4-13-22(29)30)23-20-12-7-17(26)14-21(20)28-25(23)31/h2-3,5-12,14,28,31H,4,13H2,1H3,(H,29,30). The van der Waals surface area contributed by atoms with Gasteiger partial charge in [-0.2, -0.15) is 0 Å². The zero-order valence-corrected chi connectivity index (χ0v) is 18.9. The van der Waals surface area contributed by atoms with E-state index >= 15 is 0 Å². The van der Waals surface area contributed by atoms with Crippen molar-refractivity contribution in [3.8, 4) is 5.88 Å². The van der Waals surface area contributed by atoms with E-state index in [1.54, 1.807) is 42.5 Å². The van der Waals surface area contributed by atoms with E-state index in [-0.39, 0.29) is 17.2 Å². The van der Waals surface area contributed by atoms with E-state index in [2.05, 4.69) is 9.98 Å². The molecule has 7 nitrogen and oxygen atoms in total. The molecule has 3 N–H and O–H groups in total. The second-order valence-corrected chi connectivity index (χ2v) is 9.87. The molecule has 0 radical (unpaired) electrons. The third kappa shape index (κ3) is 4.99. The molecule has 0 aliphatic rings. The van der Waals surface area contributed by atoms with E-state index in [1.165, 1.54) is 24.3 Å². The molecule has 1 aromatic heterocycles. The van der Waals surface area contributed by atoms with E-state index in [4.69, 9.17) is 5.11 Å². The van der Waals surface area contributed by atoms with Crippen LogP contribution in [-0.2, 0) is 21.1 Å². The summed E-state index contributed by atoms with van der Waals surface area (Å²) in [7, 11) is -3.37. The summed E-state index contributed by atoms with van der Waals surface area (Å²) in [5.74, 6) is -1.54. The molecule has 0 saturated carbocycles. The van der Waals surface area contributed by atoms with Gasteiger partial charge in [0.15, 0.2) is 15.7 Å². The van der Waals surface area contributed by atoms with Crippen molar-refractivity contribution in [1.29, 1.82) is 0 Å². The van der Waals surface area contributed by atoms with Crippen LogP contribution in [0.3, 0.4) is 0 Å². The molecule has 3 aromatic carbocycles. The van der Waals surface area contributed by atoms with Crippen LogP contribution in [0.1, 0.15) is 23.1 Å². The fraction of sp³-hybridized carbons (Fsp3) is 0.120. The number of hydrogen-bond acceptors (Lipinski definition) is 5. The Morgan fingerprint density at radius 3 is 2.32 bits per heavy atom. The summed E-state index contributed by atoms with van der Waals surface area (Å²) < 4.78 is 37.3. The fourth-order valence-corrected chi connectivity index (χ4v) is 4.27. The molecule has 0 spiro atoms. The Kier molecular flexibility index (Phi) is 6.21. The summed E-state index contributed by atoms with van der Waals surface area (Å²) in [6, 6.07) is 17.2. The maximum absolute atomic E-state index is 13.7. The normalized spacial score (nSPS) is 12.2. The number of aryl methyl sites for hydroxylation is 1. The zero-order valence-electron chi connectivity index (χ0n) is 18.1. The first kappa shape index (κ1) is 23.2. The first-order valence-electron chi connectivity index (χ1n) is 10.3. The van der Waals surface area contributed by atoms with Gasteiger partial charge in [0.05, 0.1) is 27.4 Å². The predicted molar refractivity (Wildman–Crippen MR) is 127 cm³/mol. The SMILES string of the molecule is CS(=O)(=O)c1ccc(N=C(c2ccc(CCC(=O)O)cc2)c2c(O)[nH]c3cc(F)ccc23)cc1. The number of H-pyrrole nitrogens is 1. The van der Waals surface area contributed by atoms with Crippen molar-refractivity contribution in [2.75, 3.05) is 6.26 Å². The molecule has 0 atom stereocenters. The number of nitrogens with zero attached hydrogens (tertiary/aromatic N) is 1. The second kappa shape index (κ2) is 9.11. The quantitative estimate of drug-likeness (QED) is 0.334. The minimum Gasteiger partial charge on any atom is -0.494 e. The summed E-state index contributed by atoms with van der Waals surface area (Å²) in [5.41, 5.74) is 3.05. The molecule has 4 aromatic rings. The highest BCUT2D eigenvalue weighted by Crippen LogP contribution is 2.32. The second-order valence-electron chi connectivity index (χ2n) is 7.86. The molecule has 0 fully saturated rings. The third-order valence-electron chi connectivity index (χ3n) is 5.34. The number of hydrogen-bond donors (Lipinski definition) is 3. The van der Waals surface area contributed by atoms with Crippen LogP contribution >= 0.6 is 0 Å². The van der Waals surface area contributed by atoms with Gasteiger partial charge in [-0.15, -0.1) is 0 Å². The smallest absolute Gasteiger partial charge is 0.303 e. The molecule has 0 amide bonds. The highest BCUT2D eigenvalue weighted by molar-refractivity contribution is 7.90. The molecular weight excluding hydrogens is 459 g/mol. The number of aromatic amines is 1. The van der Waals surface area contributed by atoms with Crippen molar-refractivity contribution in [2.24, 2.45) is 4.99 Å². The lowest BCUT2D eigenvalue weighted by Gasteiger charge is -2.09. The maximum atomic E-state index is 13.7. The van der Waals surface area contributed by atoms with E-state index in [0.717, 1.165) is 11.8 Å². The Balaban J connectivity index is 1.85. The van der Waals surface area contributed by atoms with Gasteiger partial charge in [0.25, 0.3) is 0 Å². The van der Waals surface area contributed by atoms with Gasteiger partial charge in [-0.3, -0.25) is 4.79 Å². The first-order chi connectivity index (χ1) is 16.1. The summed E-state index contributed by atoms with van der Waals surface area (Å²) in [4.78, 5) is 18.5. The van der Waals surface area contributed by atoms with Crippen molar-refractivity contribution in [3.05, 3.63) is 89.2 Å². The molecular formula is C25H21FN2O5S. The number of aliphatic imine (C=N–C) groups is 1. The number of fused-ring (bicyclic) bond motifs is 1. The van der Waals surface area contributed by atoms with Crippen LogP contribution in [0, 0.1) is 5.82 Å². The highest BCUT2D eigenvalue weighted by atomic mass is 32.2. The molecule has 1 heterocycles. The predicted octanol–water partition coefficient (Wildman–Crippen LogP) is 4.60. The van der Waals surface area contributed by atoms with Crippen molar-refractivity contribution >= 4 is 38.1 Å². The van der Waals surface area contributed by atoms with E-state index in [9.17, 15) is 22.7 Å². The van der Waals surface area contributed by atoms with Crippen molar-refractivity contribution in [2.45, 2.75) is 17.7 Å². The van der Waals surface area contributed by atoms with Gasteiger partial charge < -0.3 is 15.2 Å². The maximum Gasteiger partial charge on any atom is 0.303 e. The van der Waals surface area contributed by atoms with Crippen molar-refractivity contribution in [1.82, 2.24) is 4.98 Å².